The summed E-state index contributed by atoms with van der Waals surface area (Å²) in [4.78, 5) is 12.0. The fourth-order valence-electron chi connectivity index (χ4n) is 1.59. The number of rotatable bonds is 2. The minimum absolute atomic E-state index is 0.133. The predicted molar refractivity (Wildman–Crippen MR) is 83.6 cm³/mol. The van der Waals surface area contributed by atoms with Crippen LogP contribution < -0.4 is 5.32 Å². The molecule has 0 unspecified atom stereocenters. The first-order valence-corrected chi connectivity index (χ1v) is 7.17. The number of hydrogen-bond acceptors (Lipinski definition) is 1. The van der Waals surface area contributed by atoms with E-state index < -0.39 is 17.6 Å². The maximum Gasteiger partial charge on any atom is 0.416 e. The first kappa shape index (κ1) is 16.1. The van der Waals surface area contributed by atoms with E-state index in [-0.39, 0.29) is 10.7 Å². The SMILES string of the molecule is O=C(Nc1ccc(C(F)(F)F)cc1Cl)c1ccc(I)cc1. The number of hydrogen-bond donors (Lipinski definition) is 1. The third-order valence-corrected chi connectivity index (χ3v) is 3.68. The molecule has 0 saturated heterocycles. The predicted octanol–water partition coefficient (Wildman–Crippen LogP) is 5.22. The number of nitrogens with one attached hydrogen (secondary N) is 1. The average molecular weight is 426 g/mol. The van der Waals surface area contributed by atoms with Crippen LogP contribution in [0.25, 0.3) is 0 Å². The van der Waals surface area contributed by atoms with Crippen molar-refractivity contribution in [1.82, 2.24) is 0 Å². The smallest absolute Gasteiger partial charge is 0.321 e. The highest BCUT2D eigenvalue weighted by molar-refractivity contribution is 14.1. The Kier molecular flexibility index (Phi) is 4.77. The number of halogens is 5. The molecule has 0 saturated carbocycles. The molecular formula is C14H8ClF3INO. The van der Waals surface area contributed by atoms with Crippen LogP contribution in [-0.2, 0) is 6.18 Å². The standard InChI is InChI=1S/C14H8ClF3INO/c15-11-7-9(14(16,17)18)3-6-12(11)20-13(21)8-1-4-10(19)5-2-8/h1-7H,(H,20,21). The zero-order chi connectivity index (χ0) is 15.6. The lowest BCUT2D eigenvalue weighted by molar-refractivity contribution is -0.137. The van der Waals surface area contributed by atoms with Crippen molar-refractivity contribution in [2.45, 2.75) is 6.18 Å². The fourth-order valence-corrected chi connectivity index (χ4v) is 2.18. The Hall–Kier alpha value is -1.28. The molecular weight excluding hydrogens is 418 g/mol. The molecule has 1 N–H and O–H groups in total. The third-order valence-electron chi connectivity index (χ3n) is 2.65. The molecule has 0 radical (unpaired) electrons. The van der Waals surface area contributed by atoms with Crippen molar-refractivity contribution >= 4 is 45.8 Å². The van der Waals surface area contributed by atoms with Crippen LogP contribution >= 0.6 is 34.2 Å². The molecule has 0 aromatic heterocycles. The normalized spacial score (nSPS) is 11.3. The maximum absolute atomic E-state index is 12.5. The molecule has 2 rings (SSSR count). The van der Waals surface area contributed by atoms with Crippen molar-refractivity contribution < 1.29 is 18.0 Å². The molecule has 0 aliphatic rings. The van der Waals surface area contributed by atoms with Crippen molar-refractivity contribution in [2.24, 2.45) is 0 Å². The molecule has 0 spiro atoms. The highest BCUT2D eigenvalue weighted by Gasteiger charge is 2.31. The summed E-state index contributed by atoms with van der Waals surface area (Å²) in [6.07, 6.45) is -4.47. The zero-order valence-electron chi connectivity index (χ0n) is 10.3. The van der Waals surface area contributed by atoms with Gasteiger partial charge in [-0.1, -0.05) is 11.6 Å². The lowest BCUT2D eigenvalue weighted by Gasteiger charge is -2.11. The lowest BCUT2D eigenvalue weighted by atomic mass is 10.1. The Morgan fingerprint density at radius 3 is 2.24 bits per heavy atom. The van der Waals surface area contributed by atoms with E-state index in [9.17, 15) is 18.0 Å². The van der Waals surface area contributed by atoms with Crippen LogP contribution in [0.5, 0.6) is 0 Å². The molecule has 110 valence electrons. The molecule has 2 nitrogen and oxygen atoms in total. The molecule has 0 aliphatic carbocycles. The minimum Gasteiger partial charge on any atom is -0.321 e. The maximum atomic E-state index is 12.5. The highest BCUT2D eigenvalue weighted by atomic mass is 127. The van der Waals surface area contributed by atoms with Crippen LogP contribution in [-0.4, -0.2) is 5.91 Å². The number of alkyl halides is 3. The molecule has 21 heavy (non-hydrogen) atoms. The van der Waals surface area contributed by atoms with E-state index >= 15 is 0 Å². The van der Waals surface area contributed by atoms with Crippen LogP contribution in [0, 0.1) is 3.57 Å². The van der Waals surface area contributed by atoms with Gasteiger partial charge in [-0.05, 0) is 65.1 Å². The van der Waals surface area contributed by atoms with Crippen molar-refractivity contribution in [3.05, 3.63) is 62.2 Å². The monoisotopic (exact) mass is 425 g/mol. The first-order chi connectivity index (χ1) is 9.77. The van der Waals surface area contributed by atoms with Gasteiger partial charge >= 0.3 is 6.18 Å². The van der Waals surface area contributed by atoms with Gasteiger partial charge in [0.05, 0.1) is 16.3 Å². The van der Waals surface area contributed by atoms with Gasteiger partial charge in [0.25, 0.3) is 5.91 Å². The number of carbonyl (C=O) groups is 1. The Morgan fingerprint density at radius 1 is 1.10 bits per heavy atom. The van der Waals surface area contributed by atoms with Crippen LogP contribution in [0.4, 0.5) is 18.9 Å². The lowest BCUT2D eigenvalue weighted by Crippen LogP contribution is -2.13. The molecule has 0 atom stereocenters. The summed E-state index contributed by atoms with van der Waals surface area (Å²) in [6, 6.07) is 9.54. The highest BCUT2D eigenvalue weighted by Crippen LogP contribution is 2.33. The van der Waals surface area contributed by atoms with Gasteiger partial charge in [-0.15, -0.1) is 0 Å². The van der Waals surface area contributed by atoms with Gasteiger partial charge in [0, 0.05) is 9.13 Å². The first-order valence-electron chi connectivity index (χ1n) is 5.71. The van der Waals surface area contributed by atoms with E-state index in [1.807, 2.05) is 0 Å². The van der Waals surface area contributed by atoms with Gasteiger partial charge in [0.15, 0.2) is 0 Å². The quantitative estimate of drug-likeness (QED) is 0.657. The summed E-state index contributed by atoms with van der Waals surface area (Å²) >= 11 is 7.88. The molecule has 0 aliphatic heterocycles. The van der Waals surface area contributed by atoms with E-state index in [0.717, 1.165) is 21.8 Å². The number of carbonyl (C=O) groups excluding carboxylic acids is 1. The fraction of sp³-hybridized carbons (Fsp3) is 0.0714. The molecule has 1 amide bonds. The summed E-state index contributed by atoms with van der Waals surface area (Å²) < 4.78 is 38.5. The van der Waals surface area contributed by atoms with Gasteiger partial charge in [0.1, 0.15) is 0 Å². The largest absolute Gasteiger partial charge is 0.416 e. The van der Waals surface area contributed by atoms with Crippen LogP contribution in [0.2, 0.25) is 5.02 Å². The summed E-state index contributed by atoms with van der Waals surface area (Å²) in [7, 11) is 0. The Labute approximate surface area is 137 Å². The summed E-state index contributed by atoms with van der Waals surface area (Å²) in [6.45, 7) is 0. The molecule has 0 fully saturated rings. The second kappa shape index (κ2) is 6.23. The van der Waals surface area contributed by atoms with E-state index in [4.69, 9.17) is 11.6 Å². The number of anilines is 1. The van der Waals surface area contributed by atoms with E-state index in [1.165, 1.54) is 0 Å². The average Bonchev–Trinajstić information content (AvgIpc) is 2.40. The van der Waals surface area contributed by atoms with Crippen LogP contribution in [0.15, 0.2) is 42.5 Å². The van der Waals surface area contributed by atoms with Crippen molar-refractivity contribution in [1.29, 1.82) is 0 Å². The van der Waals surface area contributed by atoms with Crippen molar-refractivity contribution in [3.63, 3.8) is 0 Å². The second-order valence-corrected chi connectivity index (χ2v) is 5.81. The van der Waals surface area contributed by atoms with Crippen LogP contribution in [0.3, 0.4) is 0 Å². The van der Waals surface area contributed by atoms with Gasteiger partial charge in [-0.25, -0.2) is 0 Å². The zero-order valence-corrected chi connectivity index (χ0v) is 13.3. The summed E-state index contributed by atoms with van der Waals surface area (Å²) in [5.41, 5.74) is -0.334. The van der Waals surface area contributed by atoms with Crippen LogP contribution in [0.1, 0.15) is 15.9 Å². The molecule has 7 heteroatoms. The van der Waals surface area contributed by atoms with Gasteiger partial charge in [0.2, 0.25) is 0 Å². The van der Waals surface area contributed by atoms with Gasteiger partial charge in [-0.2, -0.15) is 13.2 Å². The topological polar surface area (TPSA) is 29.1 Å². The molecule has 2 aromatic carbocycles. The van der Waals surface area contributed by atoms with Crippen molar-refractivity contribution in [2.75, 3.05) is 5.32 Å². The van der Waals surface area contributed by atoms with Gasteiger partial charge in [-0.3, -0.25) is 4.79 Å². The van der Waals surface area contributed by atoms with E-state index in [0.29, 0.717) is 5.56 Å². The Bertz CT molecular complexity index is 671. The molecule has 0 bridgehead atoms. The Morgan fingerprint density at radius 2 is 1.71 bits per heavy atom. The molecule has 2 aromatic rings. The number of amides is 1. The minimum atomic E-state index is -4.47. The summed E-state index contributed by atoms with van der Waals surface area (Å²) in [5.74, 6) is -0.437. The second-order valence-electron chi connectivity index (χ2n) is 4.15. The number of benzene rings is 2. The van der Waals surface area contributed by atoms with E-state index in [2.05, 4.69) is 27.9 Å². The van der Waals surface area contributed by atoms with E-state index in [1.54, 1.807) is 24.3 Å². The molecule has 0 heterocycles. The Balaban J connectivity index is 2.20. The third kappa shape index (κ3) is 4.10. The van der Waals surface area contributed by atoms with Crippen molar-refractivity contribution in [3.8, 4) is 0 Å². The van der Waals surface area contributed by atoms with Gasteiger partial charge < -0.3 is 5.32 Å². The summed E-state index contributed by atoms with van der Waals surface area (Å²) in [5, 5.41) is 2.32.